The molecule has 0 bridgehead atoms. The minimum absolute atomic E-state index is 0. The molecule has 2 N–H and O–H groups in total. The number of halogens is 1. The summed E-state index contributed by atoms with van der Waals surface area (Å²) in [5.41, 5.74) is 4.59. The van der Waals surface area contributed by atoms with Crippen molar-refractivity contribution >= 4 is 35.2 Å². The predicted octanol–water partition coefficient (Wildman–Crippen LogP) is 4.31. The molecule has 0 amide bonds. The van der Waals surface area contributed by atoms with E-state index in [2.05, 4.69) is 44.3 Å². The summed E-state index contributed by atoms with van der Waals surface area (Å²) in [6.45, 7) is 6.65. The Bertz CT molecular complexity index is 1090. The largest absolute Gasteiger partial charge is 0.486 e. The van der Waals surface area contributed by atoms with Crippen molar-refractivity contribution in [1.82, 2.24) is 9.88 Å². The lowest BCUT2D eigenvalue weighted by Gasteiger charge is -2.36. The number of oxime groups is 1. The molecule has 3 heterocycles. The van der Waals surface area contributed by atoms with E-state index < -0.39 is 0 Å². The van der Waals surface area contributed by atoms with Crippen LogP contribution in [0.2, 0.25) is 0 Å². The summed E-state index contributed by atoms with van der Waals surface area (Å²) >= 11 is 0. The van der Waals surface area contributed by atoms with Crippen LogP contribution in [0.3, 0.4) is 0 Å². The Labute approximate surface area is 200 Å². The highest BCUT2D eigenvalue weighted by Crippen LogP contribution is 2.34. The van der Waals surface area contributed by atoms with Crippen LogP contribution in [0.5, 0.6) is 11.5 Å². The van der Waals surface area contributed by atoms with Crippen molar-refractivity contribution in [3.63, 3.8) is 0 Å². The van der Waals surface area contributed by atoms with Gasteiger partial charge in [0, 0.05) is 55.0 Å². The van der Waals surface area contributed by atoms with Gasteiger partial charge in [-0.25, -0.2) is 0 Å². The zero-order chi connectivity index (χ0) is 21.8. The van der Waals surface area contributed by atoms with Crippen LogP contribution in [0.15, 0.2) is 47.8 Å². The van der Waals surface area contributed by atoms with Crippen LogP contribution < -0.4 is 14.4 Å². The summed E-state index contributed by atoms with van der Waals surface area (Å²) in [7, 11) is 0. The first-order valence-corrected chi connectivity index (χ1v) is 11.4. The number of nitrogens with one attached hydrogen (secondary N) is 1. The van der Waals surface area contributed by atoms with Crippen molar-refractivity contribution in [2.75, 3.05) is 50.8 Å². The molecule has 7 nitrogen and oxygen atoms in total. The summed E-state index contributed by atoms with van der Waals surface area (Å²) in [4.78, 5) is 8.35. The van der Waals surface area contributed by atoms with Gasteiger partial charge in [-0.05, 0) is 61.2 Å². The molecular weight excluding hydrogens is 440 g/mol. The maximum absolute atomic E-state index is 8.78. The van der Waals surface area contributed by atoms with Gasteiger partial charge in [0.25, 0.3) is 0 Å². The molecule has 8 heteroatoms. The third-order valence-electron chi connectivity index (χ3n) is 6.43. The average Bonchev–Trinajstić information content (AvgIpc) is 3.24. The Morgan fingerprint density at radius 1 is 0.970 bits per heavy atom. The van der Waals surface area contributed by atoms with Crippen molar-refractivity contribution in [2.24, 2.45) is 5.16 Å². The zero-order valence-electron chi connectivity index (χ0n) is 18.7. The molecule has 1 fully saturated rings. The molecule has 0 saturated carbocycles. The monoisotopic (exact) mass is 470 g/mol. The number of H-pyrrole nitrogens is 1. The van der Waals surface area contributed by atoms with Gasteiger partial charge in [-0.3, -0.25) is 4.90 Å². The zero-order valence-corrected chi connectivity index (χ0v) is 19.5. The van der Waals surface area contributed by atoms with Crippen molar-refractivity contribution in [3.05, 3.63) is 53.7 Å². The van der Waals surface area contributed by atoms with Crippen molar-refractivity contribution < 1.29 is 14.7 Å². The van der Waals surface area contributed by atoms with Gasteiger partial charge in [0.2, 0.25) is 0 Å². The van der Waals surface area contributed by atoms with E-state index >= 15 is 0 Å². The van der Waals surface area contributed by atoms with Crippen LogP contribution in [0, 0.1) is 0 Å². The molecule has 0 aliphatic carbocycles. The first-order valence-electron chi connectivity index (χ1n) is 11.4. The van der Waals surface area contributed by atoms with Crippen molar-refractivity contribution in [1.29, 1.82) is 0 Å². The SMILES string of the molecule is Cl.O/N=C/c1ccc2[nH]cc(CCCCN3CCN(c4ccc5c(c4)OCCO5)CC3)c2c1. The predicted molar refractivity (Wildman–Crippen MR) is 134 cm³/mol. The highest BCUT2D eigenvalue weighted by molar-refractivity contribution is 5.90. The number of benzene rings is 2. The van der Waals surface area contributed by atoms with Crippen molar-refractivity contribution in [3.8, 4) is 11.5 Å². The van der Waals surface area contributed by atoms with Crippen LogP contribution in [0.1, 0.15) is 24.0 Å². The second-order valence-corrected chi connectivity index (χ2v) is 8.48. The summed E-state index contributed by atoms with van der Waals surface area (Å²) in [6.07, 6.45) is 6.98. The van der Waals surface area contributed by atoms with Gasteiger partial charge in [0.05, 0.1) is 6.21 Å². The fourth-order valence-electron chi connectivity index (χ4n) is 4.66. The van der Waals surface area contributed by atoms with Gasteiger partial charge >= 0.3 is 0 Å². The lowest BCUT2D eigenvalue weighted by atomic mass is 10.0. The average molecular weight is 471 g/mol. The van der Waals surface area contributed by atoms with E-state index in [0.717, 1.165) is 68.1 Å². The molecule has 2 aliphatic heterocycles. The lowest BCUT2D eigenvalue weighted by Crippen LogP contribution is -2.46. The number of piperazine rings is 1. The fraction of sp³-hybridized carbons (Fsp3) is 0.400. The maximum atomic E-state index is 8.78. The molecule has 0 unspecified atom stereocenters. The van der Waals surface area contributed by atoms with E-state index in [1.807, 2.05) is 18.2 Å². The molecule has 0 radical (unpaired) electrons. The minimum atomic E-state index is 0. The van der Waals surface area contributed by atoms with Gasteiger partial charge in [0.15, 0.2) is 11.5 Å². The van der Waals surface area contributed by atoms with Gasteiger partial charge in [0.1, 0.15) is 13.2 Å². The Morgan fingerprint density at radius 3 is 2.61 bits per heavy atom. The van der Waals surface area contributed by atoms with E-state index in [0.29, 0.717) is 13.2 Å². The van der Waals surface area contributed by atoms with E-state index in [-0.39, 0.29) is 12.4 Å². The highest BCUT2D eigenvalue weighted by Gasteiger charge is 2.19. The van der Waals surface area contributed by atoms with Crippen LogP contribution >= 0.6 is 12.4 Å². The van der Waals surface area contributed by atoms with Crippen molar-refractivity contribution in [2.45, 2.75) is 19.3 Å². The second kappa shape index (κ2) is 10.8. The maximum Gasteiger partial charge on any atom is 0.163 e. The molecule has 1 aromatic heterocycles. The Kier molecular flexibility index (Phi) is 7.62. The molecule has 33 heavy (non-hydrogen) atoms. The Hall–Kier alpha value is -2.90. The molecular formula is C25H31ClN4O3. The number of rotatable bonds is 7. The summed E-state index contributed by atoms with van der Waals surface area (Å²) < 4.78 is 11.4. The van der Waals surface area contributed by atoms with Crippen LogP contribution in [-0.4, -0.2) is 67.2 Å². The number of ether oxygens (including phenoxy) is 2. The summed E-state index contributed by atoms with van der Waals surface area (Å²) in [6, 6.07) is 12.4. The van der Waals surface area contributed by atoms with Gasteiger partial charge < -0.3 is 24.6 Å². The number of aromatic amines is 1. The molecule has 0 atom stereocenters. The summed E-state index contributed by atoms with van der Waals surface area (Å²) in [5, 5.41) is 13.1. The van der Waals surface area contributed by atoms with Gasteiger partial charge in [-0.2, -0.15) is 0 Å². The fourth-order valence-corrected chi connectivity index (χ4v) is 4.66. The van der Waals surface area contributed by atoms with Crippen LogP contribution in [0.25, 0.3) is 10.9 Å². The molecule has 0 spiro atoms. The number of unbranched alkanes of at least 4 members (excludes halogenated alkanes) is 1. The van der Waals surface area contributed by atoms with E-state index in [1.54, 1.807) is 0 Å². The topological polar surface area (TPSA) is 73.3 Å². The number of nitrogens with zero attached hydrogens (tertiary/aromatic N) is 3. The quantitative estimate of drug-likeness (QED) is 0.233. The normalized spacial score (nSPS) is 16.3. The Morgan fingerprint density at radius 2 is 1.79 bits per heavy atom. The highest BCUT2D eigenvalue weighted by atomic mass is 35.5. The van der Waals surface area contributed by atoms with E-state index in [1.165, 1.54) is 29.3 Å². The number of aryl methyl sites for hydroxylation is 1. The van der Waals surface area contributed by atoms with E-state index in [9.17, 15) is 0 Å². The molecule has 2 aliphatic rings. The Balaban J connectivity index is 0.00000259. The number of fused-ring (bicyclic) bond motifs is 2. The number of hydrogen-bond acceptors (Lipinski definition) is 6. The minimum Gasteiger partial charge on any atom is -0.486 e. The molecule has 2 aromatic carbocycles. The number of aromatic nitrogens is 1. The molecule has 5 rings (SSSR count). The standard InChI is InChI=1S/C25H30N4O3.ClH/c30-27-17-19-4-6-23-22(15-19)20(18-26-23)3-1-2-8-28-9-11-29(12-10-28)21-5-7-24-25(16-21)32-14-13-31-24;/h4-7,15-18,26,30H,1-3,8-14H2;1H/b27-17+;. The third kappa shape index (κ3) is 5.37. The van der Waals surface area contributed by atoms with Crippen LogP contribution in [-0.2, 0) is 6.42 Å². The van der Waals surface area contributed by atoms with Gasteiger partial charge in [-0.15, -0.1) is 12.4 Å². The number of hydrogen-bond donors (Lipinski definition) is 2. The summed E-state index contributed by atoms with van der Waals surface area (Å²) in [5.74, 6) is 1.72. The molecule has 3 aromatic rings. The van der Waals surface area contributed by atoms with E-state index in [4.69, 9.17) is 14.7 Å². The van der Waals surface area contributed by atoms with Gasteiger partial charge in [-0.1, -0.05) is 11.2 Å². The number of anilines is 1. The first-order chi connectivity index (χ1) is 15.8. The lowest BCUT2D eigenvalue weighted by molar-refractivity contribution is 0.171. The second-order valence-electron chi connectivity index (χ2n) is 8.48. The third-order valence-corrected chi connectivity index (χ3v) is 6.43. The first kappa shape index (κ1) is 23.3. The van der Waals surface area contributed by atoms with Crippen LogP contribution in [0.4, 0.5) is 5.69 Å². The smallest absolute Gasteiger partial charge is 0.163 e. The molecule has 176 valence electrons. The molecule has 1 saturated heterocycles.